The Labute approximate surface area is 184 Å². The number of carbonyl (C=O) groups excluding carboxylic acids is 1. The topological polar surface area (TPSA) is 53.6 Å². The van der Waals surface area contributed by atoms with Crippen molar-refractivity contribution >= 4 is 17.6 Å². The van der Waals surface area contributed by atoms with Gasteiger partial charge in [-0.05, 0) is 81.6 Å². The normalized spacial score (nSPS) is 15.2. The molecule has 2 N–H and O–H groups in total. The minimum Gasteiger partial charge on any atom is -0.491 e. The first-order chi connectivity index (χ1) is 14.5. The van der Waals surface area contributed by atoms with Gasteiger partial charge in [0.25, 0.3) is 0 Å². The minimum atomic E-state index is -0.145. The van der Waals surface area contributed by atoms with E-state index in [9.17, 15) is 4.79 Å². The van der Waals surface area contributed by atoms with Gasteiger partial charge in [0.2, 0.25) is 0 Å². The molecule has 0 spiro atoms. The Morgan fingerprint density at radius 1 is 1.03 bits per heavy atom. The molecule has 2 amide bonds. The second kappa shape index (κ2) is 11.2. The molecule has 0 aliphatic carbocycles. The van der Waals surface area contributed by atoms with E-state index in [4.69, 9.17) is 16.3 Å². The molecule has 1 fully saturated rings. The number of nitrogens with one attached hydrogen (secondary N) is 2. The molecule has 1 aliphatic rings. The zero-order valence-electron chi connectivity index (χ0n) is 17.9. The van der Waals surface area contributed by atoms with Crippen molar-refractivity contribution in [2.24, 2.45) is 0 Å². The van der Waals surface area contributed by atoms with Crippen LogP contribution in [-0.2, 0) is 13.0 Å². The highest BCUT2D eigenvalue weighted by molar-refractivity contribution is 6.30. The van der Waals surface area contributed by atoms with E-state index < -0.39 is 0 Å². The Bertz CT molecular complexity index is 787. The number of benzene rings is 2. The number of hydrogen-bond donors (Lipinski definition) is 2. The molecule has 0 radical (unpaired) electrons. The van der Waals surface area contributed by atoms with Gasteiger partial charge in [-0.25, -0.2) is 4.79 Å². The van der Waals surface area contributed by atoms with Crippen molar-refractivity contribution in [3.05, 3.63) is 64.7 Å². The Hall–Kier alpha value is -2.24. The second-order valence-electron chi connectivity index (χ2n) is 8.17. The molecule has 0 saturated carbocycles. The number of hydrogen-bond acceptors (Lipinski definition) is 3. The van der Waals surface area contributed by atoms with Crippen LogP contribution in [0.4, 0.5) is 4.79 Å². The maximum absolute atomic E-state index is 12.5. The Kier molecular flexibility index (Phi) is 8.40. The number of likely N-dealkylation sites (tertiary alicyclic amines) is 1. The molecule has 1 saturated heterocycles. The van der Waals surface area contributed by atoms with Crippen molar-refractivity contribution in [2.45, 2.75) is 51.8 Å². The summed E-state index contributed by atoms with van der Waals surface area (Å²) in [4.78, 5) is 15.0. The van der Waals surface area contributed by atoms with Crippen LogP contribution in [0.3, 0.4) is 0 Å². The van der Waals surface area contributed by atoms with Crippen molar-refractivity contribution in [3.8, 4) is 5.75 Å². The van der Waals surface area contributed by atoms with Crippen molar-refractivity contribution in [1.82, 2.24) is 15.5 Å². The lowest BCUT2D eigenvalue weighted by atomic mass is 10.1. The van der Waals surface area contributed by atoms with Gasteiger partial charge in [-0.2, -0.15) is 0 Å². The zero-order chi connectivity index (χ0) is 21.3. The summed E-state index contributed by atoms with van der Waals surface area (Å²) >= 11 is 5.92. The van der Waals surface area contributed by atoms with Crippen LogP contribution >= 0.6 is 11.6 Å². The van der Waals surface area contributed by atoms with Crippen LogP contribution in [0.15, 0.2) is 48.5 Å². The highest BCUT2D eigenvalue weighted by Crippen LogP contribution is 2.16. The Morgan fingerprint density at radius 2 is 1.67 bits per heavy atom. The van der Waals surface area contributed by atoms with Gasteiger partial charge in [0.1, 0.15) is 5.75 Å². The van der Waals surface area contributed by atoms with E-state index in [0.29, 0.717) is 11.6 Å². The van der Waals surface area contributed by atoms with Gasteiger partial charge >= 0.3 is 6.03 Å². The lowest BCUT2D eigenvalue weighted by Gasteiger charge is -2.25. The summed E-state index contributed by atoms with van der Waals surface area (Å²) < 4.78 is 5.73. The highest BCUT2D eigenvalue weighted by atomic mass is 35.5. The molecular formula is C24H32ClN3O2. The van der Waals surface area contributed by atoms with Crippen LogP contribution in [0.2, 0.25) is 5.02 Å². The van der Waals surface area contributed by atoms with Gasteiger partial charge in [0, 0.05) is 24.2 Å². The van der Waals surface area contributed by atoms with Crippen LogP contribution in [0.1, 0.15) is 37.8 Å². The SMILES string of the molecule is CC(C)Oc1ccc(CC(CN2CCCC2)NC(=O)NCc2ccc(Cl)cc2)cc1. The fourth-order valence-corrected chi connectivity index (χ4v) is 3.85. The standard InChI is InChI=1S/C24H32ClN3O2/c1-18(2)30-23-11-7-19(8-12-23)15-22(17-28-13-3-4-14-28)27-24(29)26-16-20-5-9-21(25)10-6-20/h5-12,18,22H,3-4,13-17H2,1-2H3,(H2,26,27,29). The van der Waals surface area contributed by atoms with E-state index in [1.165, 1.54) is 18.4 Å². The van der Waals surface area contributed by atoms with Crippen LogP contribution in [0.25, 0.3) is 0 Å². The molecule has 2 aromatic rings. The molecule has 30 heavy (non-hydrogen) atoms. The van der Waals surface area contributed by atoms with Gasteiger partial charge in [-0.1, -0.05) is 35.9 Å². The van der Waals surface area contributed by atoms with Crippen molar-refractivity contribution in [3.63, 3.8) is 0 Å². The third-order valence-electron chi connectivity index (χ3n) is 5.16. The summed E-state index contributed by atoms with van der Waals surface area (Å²) in [5, 5.41) is 6.82. The quantitative estimate of drug-likeness (QED) is 0.610. The summed E-state index contributed by atoms with van der Waals surface area (Å²) in [6.07, 6.45) is 3.41. The third-order valence-corrected chi connectivity index (χ3v) is 5.41. The molecular weight excluding hydrogens is 398 g/mol. The molecule has 1 heterocycles. The number of rotatable bonds is 9. The summed E-state index contributed by atoms with van der Waals surface area (Å²) in [5.74, 6) is 0.874. The zero-order valence-corrected chi connectivity index (χ0v) is 18.6. The summed E-state index contributed by atoms with van der Waals surface area (Å²) in [5.41, 5.74) is 2.21. The van der Waals surface area contributed by atoms with E-state index >= 15 is 0 Å². The number of halogens is 1. The van der Waals surface area contributed by atoms with E-state index in [2.05, 4.69) is 27.7 Å². The van der Waals surface area contributed by atoms with Crippen LogP contribution in [-0.4, -0.2) is 42.7 Å². The third kappa shape index (κ3) is 7.54. The number of carbonyl (C=O) groups is 1. The summed E-state index contributed by atoms with van der Waals surface area (Å²) in [6, 6.07) is 15.6. The predicted molar refractivity (Wildman–Crippen MR) is 122 cm³/mol. The smallest absolute Gasteiger partial charge is 0.315 e. The maximum atomic E-state index is 12.5. The average molecular weight is 430 g/mol. The van der Waals surface area contributed by atoms with E-state index in [0.717, 1.165) is 37.4 Å². The first-order valence-corrected chi connectivity index (χ1v) is 11.1. The minimum absolute atomic E-state index is 0.0465. The monoisotopic (exact) mass is 429 g/mol. The summed E-state index contributed by atoms with van der Waals surface area (Å²) in [7, 11) is 0. The molecule has 1 atom stereocenters. The second-order valence-corrected chi connectivity index (χ2v) is 8.61. The van der Waals surface area contributed by atoms with Gasteiger partial charge in [-0.3, -0.25) is 0 Å². The first-order valence-electron chi connectivity index (χ1n) is 10.7. The van der Waals surface area contributed by atoms with Gasteiger partial charge in [-0.15, -0.1) is 0 Å². The molecule has 0 aromatic heterocycles. The Morgan fingerprint density at radius 3 is 2.30 bits per heavy atom. The molecule has 5 nitrogen and oxygen atoms in total. The lowest BCUT2D eigenvalue weighted by Crippen LogP contribution is -2.48. The van der Waals surface area contributed by atoms with Gasteiger partial charge < -0.3 is 20.3 Å². The van der Waals surface area contributed by atoms with Crippen LogP contribution in [0, 0.1) is 0 Å². The Balaban J connectivity index is 1.56. The number of nitrogens with zero attached hydrogens (tertiary/aromatic N) is 1. The van der Waals surface area contributed by atoms with E-state index in [-0.39, 0.29) is 18.2 Å². The first kappa shape index (κ1) is 22.4. The fourth-order valence-electron chi connectivity index (χ4n) is 3.72. The highest BCUT2D eigenvalue weighted by Gasteiger charge is 2.19. The number of ether oxygens (including phenoxy) is 1. The molecule has 2 aromatic carbocycles. The average Bonchev–Trinajstić information content (AvgIpc) is 3.21. The van der Waals surface area contributed by atoms with Crippen LogP contribution in [0.5, 0.6) is 5.75 Å². The fraction of sp³-hybridized carbons (Fsp3) is 0.458. The van der Waals surface area contributed by atoms with E-state index in [1.807, 2.05) is 50.2 Å². The molecule has 6 heteroatoms. The lowest BCUT2D eigenvalue weighted by molar-refractivity contribution is 0.228. The molecule has 162 valence electrons. The molecule has 1 unspecified atom stereocenters. The van der Waals surface area contributed by atoms with Gasteiger partial charge in [0.15, 0.2) is 0 Å². The molecule has 3 rings (SSSR count). The van der Waals surface area contributed by atoms with Crippen molar-refractivity contribution < 1.29 is 9.53 Å². The maximum Gasteiger partial charge on any atom is 0.315 e. The largest absolute Gasteiger partial charge is 0.491 e. The molecule has 1 aliphatic heterocycles. The number of amides is 2. The van der Waals surface area contributed by atoms with Crippen molar-refractivity contribution in [2.75, 3.05) is 19.6 Å². The molecule has 0 bridgehead atoms. The van der Waals surface area contributed by atoms with Gasteiger partial charge in [0.05, 0.1) is 6.10 Å². The van der Waals surface area contributed by atoms with Crippen molar-refractivity contribution in [1.29, 1.82) is 0 Å². The van der Waals surface area contributed by atoms with Crippen LogP contribution < -0.4 is 15.4 Å². The number of urea groups is 1. The summed E-state index contributed by atoms with van der Waals surface area (Å²) in [6.45, 7) is 7.58. The van der Waals surface area contributed by atoms with E-state index in [1.54, 1.807) is 0 Å². The predicted octanol–water partition coefficient (Wildman–Crippen LogP) is 4.63.